The molecule has 20 nitrogen and oxygen atoms in total. The van der Waals surface area contributed by atoms with E-state index >= 15 is 0 Å². The maximum Gasteiger partial charge on any atom is 2.00 e. The van der Waals surface area contributed by atoms with Crippen LogP contribution in [0.4, 0.5) is 0 Å². The van der Waals surface area contributed by atoms with E-state index in [0.717, 1.165) is 0 Å². The molecule has 0 aromatic rings. The van der Waals surface area contributed by atoms with Gasteiger partial charge in [-0.3, -0.25) is 0 Å². The molecule has 204 valence electrons. The van der Waals surface area contributed by atoms with Gasteiger partial charge in [0.1, 0.15) is 48.8 Å². The van der Waals surface area contributed by atoms with Crippen molar-refractivity contribution in [2.45, 2.75) is 48.8 Å². The van der Waals surface area contributed by atoms with Crippen molar-refractivity contribution < 1.29 is 98.4 Å². The zero-order chi connectivity index (χ0) is 27.6. The second kappa shape index (κ2) is 23.1. The fraction of sp³-hybridized carbons (Fsp3) is 0.833. The summed E-state index contributed by atoms with van der Waals surface area (Å²) < 4.78 is 27.2. The van der Waals surface area contributed by atoms with Gasteiger partial charge in [-0.2, -0.15) is 0 Å². The van der Waals surface area contributed by atoms with Gasteiger partial charge in [0.2, 0.25) is 0 Å². The van der Waals surface area contributed by atoms with Crippen LogP contribution in [0.3, 0.4) is 0 Å². The van der Waals surface area contributed by atoms with Crippen molar-refractivity contribution >= 4 is 141 Å². The van der Waals surface area contributed by atoms with Gasteiger partial charge in [0.05, 0.1) is 40.8 Å². The van der Waals surface area contributed by atoms with Gasteiger partial charge in [-0.15, -0.1) is 0 Å². The Morgan fingerprint density at radius 3 is 0.946 bits per heavy atom. The summed E-state index contributed by atoms with van der Waals surface area (Å²) in [6, 6.07) is 0. The van der Waals surface area contributed by atoms with Gasteiger partial charge in [-0.1, -0.05) is 0 Å². The second-order valence-corrected chi connectivity index (χ2v) is 8.42. The van der Waals surface area contributed by atoms with Crippen molar-refractivity contribution in [3.63, 3.8) is 0 Å². The van der Waals surface area contributed by atoms with Gasteiger partial charge >= 0.3 is 113 Å². The van der Waals surface area contributed by atoms with Crippen LogP contribution in [-0.2, 0) is 27.8 Å². The largest absolute Gasteiger partial charge is 2.00 e. The van der Waals surface area contributed by atoms with E-state index in [0.29, 0.717) is 0 Å². The Kier molecular flexibility index (Phi) is 30.8. The van der Waals surface area contributed by atoms with Gasteiger partial charge < -0.3 is 98.4 Å². The molecule has 0 aliphatic carbocycles. The zero-order valence-electron chi connectivity index (χ0n) is 18.5. The van der Waals surface area contributed by atoms with Crippen LogP contribution in [0.1, 0.15) is 0 Å². The molecule has 0 spiro atoms. The Morgan fingerprint density at radius 2 is 0.784 bits per heavy atom. The van der Waals surface area contributed by atoms with E-state index < -0.39 is 89.6 Å². The standard InChI is InChI=1S/2C6H13O10P.3Ca/c2*7-2(1-16-17(13,14)15)3(8)4(9)5(10)6(11)12;;;/h2*2-5,7-10H,1H2,(H,11,12)(H2,13,14,15);;;/q;;3*+2/p-6/t2*2-,3-,4+,5-;;;/m11.../s1. The fourth-order valence-corrected chi connectivity index (χ4v) is 2.31. The third-order valence-electron chi connectivity index (χ3n) is 3.43. The molecule has 0 bridgehead atoms. The van der Waals surface area contributed by atoms with Crippen molar-refractivity contribution in [1.29, 1.82) is 0 Å². The van der Waals surface area contributed by atoms with Crippen LogP contribution < -0.4 is 29.8 Å². The smallest absolute Gasteiger partial charge is 0.790 e. The number of rotatable bonds is 14. The molecule has 0 rings (SSSR count). The molecule has 8 N–H and O–H groups in total. The molecule has 0 radical (unpaired) electrons. The van der Waals surface area contributed by atoms with Gasteiger partial charge in [0.25, 0.3) is 0 Å². The van der Waals surface area contributed by atoms with Crippen LogP contribution in [0.15, 0.2) is 0 Å². The fourth-order valence-electron chi connectivity index (χ4n) is 1.64. The van der Waals surface area contributed by atoms with Gasteiger partial charge in [0.15, 0.2) is 0 Å². The first-order valence-electron chi connectivity index (χ1n) is 8.31. The van der Waals surface area contributed by atoms with Crippen LogP contribution in [0.25, 0.3) is 0 Å². The molecule has 0 saturated carbocycles. The van der Waals surface area contributed by atoms with Gasteiger partial charge in [-0.05, 0) is 0 Å². The number of aliphatic hydroxyl groups is 8. The molecule has 0 unspecified atom stereocenters. The number of hydrogen-bond acceptors (Lipinski definition) is 20. The molecule has 0 amide bonds. The van der Waals surface area contributed by atoms with Gasteiger partial charge in [-0.25, -0.2) is 0 Å². The molecule has 0 aliphatic rings. The van der Waals surface area contributed by atoms with Crippen molar-refractivity contribution in [2.75, 3.05) is 13.2 Å². The Morgan fingerprint density at radius 1 is 0.568 bits per heavy atom. The maximum absolute atomic E-state index is 10.1. The van der Waals surface area contributed by atoms with Crippen molar-refractivity contribution in [3.8, 4) is 0 Å². The second-order valence-electron chi connectivity index (χ2n) is 6.11. The predicted octanol–water partition coefficient (Wildman–Crippen LogP) is -13.1. The Labute approximate surface area is 297 Å². The number of aliphatic hydroxyl groups excluding tert-OH is 8. The third kappa shape index (κ3) is 23.8. The van der Waals surface area contributed by atoms with Crippen LogP contribution in [0, 0.1) is 0 Å². The minimum Gasteiger partial charge on any atom is -0.790 e. The minimum atomic E-state index is -5.38. The maximum atomic E-state index is 10.1. The minimum absolute atomic E-state index is 0. The van der Waals surface area contributed by atoms with E-state index in [4.69, 9.17) is 40.9 Å². The van der Waals surface area contributed by atoms with Crippen LogP contribution in [-0.4, -0.2) is 228 Å². The summed E-state index contributed by atoms with van der Waals surface area (Å²) in [5, 5.41) is 91.9. The van der Waals surface area contributed by atoms with E-state index in [2.05, 4.69) is 9.05 Å². The molecule has 0 aliphatic heterocycles. The molecule has 0 aromatic heterocycles. The number of carbonyl (C=O) groups excluding carboxylic acids is 2. The molecule has 0 saturated heterocycles. The predicted molar refractivity (Wildman–Crippen MR) is 102 cm³/mol. The molecular weight excluding hydrogens is 646 g/mol. The van der Waals surface area contributed by atoms with Crippen molar-refractivity contribution in [1.82, 2.24) is 0 Å². The van der Waals surface area contributed by atoms with E-state index in [-0.39, 0.29) is 113 Å². The van der Waals surface area contributed by atoms with Crippen LogP contribution in [0.2, 0.25) is 0 Å². The zero-order valence-corrected chi connectivity index (χ0v) is 26.9. The summed E-state index contributed by atoms with van der Waals surface area (Å²) in [7, 11) is -10.8. The number of phosphoric ester groups is 2. The quantitative estimate of drug-likeness (QED) is 0.0630. The van der Waals surface area contributed by atoms with Gasteiger partial charge in [0, 0.05) is 0 Å². The summed E-state index contributed by atoms with van der Waals surface area (Å²) in [6.07, 6.45) is -18.3. The summed E-state index contributed by atoms with van der Waals surface area (Å²) in [5.41, 5.74) is 0. The third-order valence-corrected chi connectivity index (χ3v) is 4.36. The summed E-state index contributed by atoms with van der Waals surface area (Å²) >= 11 is 0. The first-order chi connectivity index (χ1) is 15.1. The Bertz CT molecular complexity index is 673. The number of carboxylic acid groups (broad SMARTS) is 2. The summed E-state index contributed by atoms with van der Waals surface area (Å²) in [6.45, 7) is -2.38. The topological polar surface area (TPSA) is 387 Å². The Hall–Kier alpha value is 2.62. The van der Waals surface area contributed by atoms with E-state index in [1.165, 1.54) is 0 Å². The van der Waals surface area contributed by atoms with E-state index in [1.807, 2.05) is 0 Å². The molecule has 0 heterocycles. The molecule has 0 aromatic carbocycles. The van der Waals surface area contributed by atoms with E-state index in [1.54, 1.807) is 0 Å². The first kappa shape index (κ1) is 49.3. The van der Waals surface area contributed by atoms with Crippen molar-refractivity contribution in [3.05, 3.63) is 0 Å². The van der Waals surface area contributed by atoms with Crippen molar-refractivity contribution in [2.24, 2.45) is 0 Å². The number of carbonyl (C=O) groups is 2. The molecule has 25 heteroatoms. The SMILES string of the molecule is O=C([O-])[C@H](O)[C@@H](O)[C@H](O)[C@H](O)COP(=O)([O-])[O-].O=C([O-])[C@H](O)[C@@H](O)[C@H](O)[C@H](O)COP(=O)([O-])[O-].[Ca+2].[Ca+2].[Ca+2]. The Balaban J connectivity index is -0.000000171. The number of aliphatic carboxylic acids is 2. The monoisotopic (exact) mass is 666 g/mol. The molecular formula is C12H20Ca3O20P2. The van der Waals surface area contributed by atoms with Crippen LogP contribution >= 0.6 is 15.6 Å². The number of phosphoric acid groups is 2. The molecule has 37 heavy (non-hydrogen) atoms. The average molecular weight is 666 g/mol. The number of carboxylic acids is 2. The summed E-state index contributed by atoms with van der Waals surface area (Å²) in [4.78, 5) is 60.2. The molecule has 0 fully saturated rings. The number of hydrogen-bond donors (Lipinski definition) is 8. The van der Waals surface area contributed by atoms with Crippen LogP contribution in [0.5, 0.6) is 0 Å². The molecule has 8 atom stereocenters. The normalized spacial score (nSPS) is 17.8. The first-order valence-corrected chi connectivity index (χ1v) is 11.2. The summed E-state index contributed by atoms with van der Waals surface area (Å²) in [5.74, 6) is -4.22. The van der Waals surface area contributed by atoms with E-state index in [9.17, 15) is 48.5 Å². The average Bonchev–Trinajstić information content (AvgIpc) is 2.71.